The van der Waals surface area contributed by atoms with Crippen LogP contribution in [-0.4, -0.2) is 40.9 Å². The van der Waals surface area contributed by atoms with Crippen molar-refractivity contribution < 1.29 is 4.79 Å². The fraction of sp³-hybridized carbons (Fsp3) is 0.167. The van der Waals surface area contributed by atoms with Gasteiger partial charge in [0.1, 0.15) is 0 Å². The van der Waals surface area contributed by atoms with E-state index in [2.05, 4.69) is 26.6 Å². The van der Waals surface area contributed by atoms with Crippen molar-refractivity contribution in [3.8, 4) is 0 Å². The summed E-state index contributed by atoms with van der Waals surface area (Å²) in [7, 11) is 4.05. The Balaban J connectivity index is 1.34. The number of aryl methyl sites for hydroxylation is 1. The lowest BCUT2D eigenvalue weighted by molar-refractivity contribution is 0.102. The van der Waals surface area contributed by atoms with Crippen LogP contribution < -0.4 is 16.4 Å². The van der Waals surface area contributed by atoms with Gasteiger partial charge in [0.15, 0.2) is 0 Å². The fourth-order valence-corrected chi connectivity index (χ4v) is 4.38. The van der Waals surface area contributed by atoms with E-state index in [1.165, 1.54) is 0 Å². The molecular weight excluding hydrogens is 460 g/mol. The standard InChI is InChI=1S/C30H30N6O/c1-19-11-12-20(18-36(2)3)17-27(19)33-29(37)21-13-15-22(16-14-21)32-30-34-26-10-5-4-7-24(26)28(35-30)23-8-6-9-25(23)31/h4-17,25H,18,31H2,1-3H3,(H,33,37)(H,32,34,35). The molecule has 5 rings (SSSR count). The van der Waals surface area contributed by atoms with Crippen molar-refractivity contribution in [2.45, 2.75) is 19.5 Å². The van der Waals surface area contributed by atoms with Crippen molar-refractivity contribution in [1.29, 1.82) is 0 Å². The van der Waals surface area contributed by atoms with Crippen LogP contribution >= 0.6 is 0 Å². The summed E-state index contributed by atoms with van der Waals surface area (Å²) >= 11 is 0. The number of anilines is 3. The fourth-order valence-electron chi connectivity index (χ4n) is 4.38. The molecule has 1 atom stereocenters. The Kier molecular flexibility index (Phi) is 6.81. The number of nitrogens with one attached hydrogen (secondary N) is 2. The number of carbonyl (C=O) groups excluding carboxylic acids is 1. The molecule has 7 nitrogen and oxygen atoms in total. The third kappa shape index (κ3) is 5.43. The third-order valence-corrected chi connectivity index (χ3v) is 6.28. The molecule has 3 aromatic carbocycles. The monoisotopic (exact) mass is 490 g/mol. The van der Waals surface area contributed by atoms with Crippen molar-refractivity contribution >= 4 is 39.7 Å². The first kappa shape index (κ1) is 24.4. The van der Waals surface area contributed by atoms with Crippen LogP contribution in [0.2, 0.25) is 0 Å². The van der Waals surface area contributed by atoms with Crippen LogP contribution in [0.1, 0.15) is 27.2 Å². The van der Waals surface area contributed by atoms with Crippen LogP contribution in [0.15, 0.2) is 85.0 Å². The molecule has 0 radical (unpaired) electrons. The Morgan fingerprint density at radius 1 is 1.03 bits per heavy atom. The molecule has 4 aromatic rings. The number of amides is 1. The van der Waals surface area contributed by atoms with Crippen molar-refractivity contribution in [1.82, 2.24) is 14.9 Å². The molecule has 1 amide bonds. The highest BCUT2D eigenvalue weighted by Gasteiger charge is 2.18. The Labute approximate surface area is 216 Å². The first-order valence-electron chi connectivity index (χ1n) is 12.2. The van der Waals surface area contributed by atoms with Crippen molar-refractivity contribution in [2.75, 3.05) is 24.7 Å². The van der Waals surface area contributed by atoms with E-state index < -0.39 is 0 Å². The van der Waals surface area contributed by atoms with Crippen LogP contribution in [0.25, 0.3) is 16.5 Å². The zero-order chi connectivity index (χ0) is 25.9. The minimum Gasteiger partial charge on any atom is -0.324 e. The third-order valence-electron chi connectivity index (χ3n) is 6.28. The number of para-hydroxylation sites is 1. The summed E-state index contributed by atoms with van der Waals surface area (Å²) in [6.07, 6.45) is 5.89. The molecule has 1 heterocycles. The number of benzene rings is 3. The Bertz CT molecular complexity index is 1520. The average molecular weight is 491 g/mol. The van der Waals surface area contributed by atoms with Gasteiger partial charge in [-0.2, -0.15) is 0 Å². The van der Waals surface area contributed by atoms with Gasteiger partial charge in [-0.25, -0.2) is 9.97 Å². The molecule has 0 fully saturated rings. The zero-order valence-corrected chi connectivity index (χ0v) is 21.2. The smallest absolute Gasteiger partial charge is 0.255 e. The normalized spacial score (nSPS) is 14.7. The predicted octanol–water partition coefficient (Wildman–Crippen LogP) is 5.28. The highest BCUT2D eigenvalue weighted by Crippen LogP contribution is 2.29. The number of fused-ring (bicyclic) bond motifs is 1. The van der Waals surface area contributed by atoms with E-state index in [4.69, 9.17) is 10.7 Å². The highest BCUT2D eigenvalue weighted by atomic mass is 16.1. The van der Waals surface area contributed by atoms with E-state index in [9.17, 15) is 4.79 Å². The molecule has 4 N–H and O–H groups in total. The maximum atomic E-state index is 12.9. The summed E-state index contributed by atoms with van der Waals surface area (Å²) in [5, 5.41) is 7.28. The zero-order valence-electron chi connectivity index (χ0n) is 21.2. The summed E-state index contributed by atoms with van der Waals surface area (Å²) in [5.41, 5.74) is 13.2. The van der Waals surface area contributed by atoms with Gasteiger partial charge >= 0.3 is 0 Å². The second kappa shape index (κ2) is 10.3. The predicted molar refractivity (Wildman–Crippen MR) is 151 cm³/mol. The molecule has 37 heavy (non-hydrogen) atoms. The molecule has 1 aliphatic carbocycles. The highest BCUT2D eigenvalue weighted by molar-refractivity contribution is 6.05. The van der Waals surface area contributed by atoms with Gasteiger partial charge in [0.25, 0.3) is 5.91 Å². The first-order chi connectivity index (χ1) is 17.9. The molecule has 0 aliphatic heterocycles. The van der Waals surface area contributed by atoms with Crippen LogP contribution in [0.4, 0.5) is 17.3 Å². The SMILES string of the molecule is Cc1ccc(CN(C)C)cc1NC(=O)c1ccc(Nc2nc(C3=CC=CC3N)c3ccccc3n2)cc1. The molecule has 0 spiro atoms. The largest absolute Gasteiger partial charge is 0.324 e. The van der Waals surface area contributed by atoms with E-state index in [1.807, 2.05) is 87.8 Å². The van der Waals surface area contributed by atoms with Gasteiger partial charge in [-0.05, 0) is 74.1 Å². The second-order valence-electron chi connectivity index (χ2n) is 9.49. The van der Waals surface area contributed by atoms with E-state index >= 15 is 0 Å². The summed E-state index contributed by atoms with van der Waals surface area (Å²) in [5.74, 6) is 0.315. The van der Waals surface area contributed by atoms with E-state index in [-0.39, 0.29) is 11.9 Å². The summed E-state index contributed by atoms with van der Waals surface area (Å²) in [6.45, 7) is 2.80. The van der Waals surface area contributed by atoms with Gasteiger partial charge in [0.05, 0.1) is 17.3 Å². The van der Waals surface area contributed by atoms with Crippen LogP contribution in [0.5, 0.6) is 0 Å². The molecule has 1 aliphatic rings. The summed E-state index contributed by atoms with van der Waals surface area (Å²) < 4.78 is 0. The van der Waals surface area contributed by atoms with Gasteiger partial charge in [0, 0.05) is 28.9 Å². The summed E-state index contributed by atoms with van der Waals surface area (Å²) in [6, 6.07) is 21.1. The van der Waals surface area contributed by atoms with E-state index in [0.29, 0.717) is 11.5 Å². The lowest BCUT2D eigenvalue weighted by atomic mass is 10.0. The van der Waals surface area contributed by atoms with E-state index in [1.54, 1.807) is 12.1 Å². The number of hydrogen-bond donors (Lipinski definition) is 3. The maximum Gasteiger partial charge on any atom is 0.255 e. The Hall–Kier alpha value is -4.33. The van der Waals surface area contributed by atoms with Gasteiger partial charge < -0.3 is 21.3 Å². The number of carbonyl (C=O) groups is 1. The first-order valence-corrected chi connectivity index (χ1v) is 12.2. The number of allylic oxidation sites excluding steroid dienone is 2. The molecule has 7 heteroatoms. The van der Waals surface area contributed by atoms with Crippen molar-refractivity contribution in [3.05, 3.63) is 107 Å². The lowest BCUT2D eigenvalue weighted by Gasteiger charge is -2.14. The second-order valence-corrected chi connectivity index (χ2v) is 9.49. The molecule has 186 valence electrons. The number of hydrogen-bond acceptors (Lipinski definition) is 6. The maximum absolute atomic E-state index is 12.9. The van der Waals surface area contributed by atoms with Crippen LogP contribution in [-0.2, 0) is 6.54 Å². The van der Waals surface area contributed by atoms with Gasteiger partial charge in [-0.1, -0.05) is 48.6 Å². The van der Waals surface area contributed by atoms with Crippen LogP contribution in [0, 0.1) is 6.92 Å². The van der Waals surface area contributed by atoms with E-state index in [0.717, 1.165) is 51.2 Å². The molecule has 0 saturated heterocycles. The lowest BCUT2D eigenvalue weighted by Crippen LogP contribution is -2.17. The van der Waals surface area contributed by atoms with Crippen LogP contribution in [0.3, 0.4) is 0 Å². The minimum atomic E-state index is -0.198. The number of nitrogens with zero attached hydrogens (tertiary/aromatic N) is 3. The van der Waals surface area contributed by atoms with Crippen molar-refractivity contribution in [2.24, 2.45) is 5.73 Å². The molecule has 0 saturated carbocycles. The molecule has 1 unspecified atom stereocenters. The molecular formula is C30H30N6O. The van der Waals surface area contributed by atoms with Gasteiger partial charge in [-0.3, -0.25) is 4.79 Å². The Morgan fingerprint density at radius 2 is 1.81 bits per heavy atom. The van der Waals surface area contributed by atoms with Crippen molar-refractivity contribution in [3.63, 3.8) is 0 Å². The molecule has 1 aromatic heterocycles. The van der Waals surface area contributed by atoms with Gasteiger partial charge in [0.2, 0.25) is 5.95 Å². The molecule has 0 bridgehead atoms. The Morgan fingerprint density at radius 3 is 2.54 bits per heavy atom. The number of aromatic nitrogens is 2. The minimum absolute atomic E-state index is 0.157. The summed E-state index contributed by atoms with van der Waals surface area (Å²) in [4.78, 5) is 24.5. The topological polar surface area (TPSA) is 96.2 Å². The quantitative estimate of drug-likeness (QED) is 0.326. The van der Waals surface area contributed by atoms with Gasteiger partial charge in [-0.15, -0.1) is 0 Å². The average Bonchev–Trinajstić information content (AvgIpc) is 3.31. The number of nitrogens with two attached hydrogens (primary N) is 1. The number of rotatable bonds is 7.